The smallest absolute Gasteiger partial charge is 0.101 e. The minimum absolute atomic E-state index is 0.108. The van der Waals surface area contributed by atoms with Crippen LogP contribution in [0.1, 0.15) is 40.5 Å². The maximum Gasteiger partial charge on any atom is 0.101 e. The highest BCUT2D eigenvalue weighted by atomic mass is 16.6. The predicted molar refractivity (Wildman–Crippen MR) is 80.1 cm³/mol. The molecule has 1 N–H and O–H groups in total. The maximum absolute atomic E-state index is 10.5. The second kappa shape index (κ2) is 5.05. The Balaban J connectivity index is 1.81. The largest absolute Gasteiger partial charge is 0.390 e. The van der Waals surface area contributed by atoms with Crippen molar-refractivity contribution in [2.24, 2.45) is 11.8 Å². The second-order valence-electron chi connectivity index (χ2n) is 7.51. The van der Waals surface area contributed by atoms with Crippen LogP contribution < -0.4 is 0 Å². The molecule has 0 radical (unpaired) electrons. The molecule has 2 saturated heterocycles. The molecule has 7 atom stereocenters. The number of aliphatic hydroxyl groups excluding tert-OH is 1. The molecule has 0 aromatic rings. The Morgan fingerprint density at radius 1 is 1.43 bits per heavy atom. The van der Waals surface area contributed by atoms with Crippen LogP contribution >= 0.6 is 0 Å². The van der Waals surface area contributed by atoms with Crippen LogP contribution in [0.25, 0.3) is 0 Å². The summed E-state index contributed by atoms with van der Waals surface area (Å²) in [6.07, 6.45) is 3.59. The minimum Gasteiger partial charge on any atom is -0.390 e. The fourth-order valence-corrected chi connectivity index (χ4v) is 4.30. The molecular formula is C17H28O4. The summed E-state index contributed by atoms with van der Waals surface area (Å²) in [6.45, 7) is 9.21. The van der Waals surface area contributed by atoms with E-state index < -0.39 is 6.10 Å². The van der Waals surface area contributed by atoms with E-state index in [0.717, 1.165) is 19.4 Å². The van der Waals surface area contributed by atoms with Crippen molar-refractivity contribution in [1.82, 2.24) is 0 Å². The zero-order valence-electron chi connectivity index (χ0n) is 13.8. The number of aliphatic hydroxyl groups is 1. The van der Waals surface area contributed by atoms with E-state index >= 15 is 0 Å². The Labute approximate surface area is 127 Å². The van der Waals surface area contributed by atoms with E-state index in [-0.39, 0.29) is 35.2 Å². The van der Waals surface area contributed by atoms with Gasteiger partial charge in [-0.05, 0) is 39.5 Å². The first-order chi connectivity index (χ1) is 9.84. The number of rotatable bonds is 4. The Hall–Kier alpha value is -0.420. The monoisotopic (exact) mass is 296 g/mol. The molecule has 3 rings (SSSR count). The van der Waals surface area contributed by atoms with Gasteiger partial charge >= 0.3 is 0 Å². The lowest BCUT2D eigenvalue weighted by Crippen LogP contribution is -2.57. The van der Waals surface area contributed by atoms with Crippen LogP contribution in [-0.2, 0) is 14.2 Å². The van der Waals surface area contributed by atoms with Gasteiger partial charge in [0.1, 0.15) is 11.2 Å². The van der Waals surface area contributed by atoms with Crippen LogP contribution in [0.2, 0.25) is 0 Å². The van der Waals surface area contributed by atoms with Crippen LogP contribution in [0.15, 0.2) is 11.6 Å². The van der Waals surface area contributed by atoms with Gasteiger partial charge in [0.15, 0.2) is 0 Å². The molecule has 1 spiro atoms. The molecule has 1 saturated carbocycles. The fraction of sp³-hybridized carbons (Fsp3) is 0.882. The highest BCUT2D eigenvalue weighted by molar-refractivity contribution is 5.21. The molecular weight excluding hydrogens is 268 g/mol. The fourth-order valence-electron chi connectivity index (χ4n) is 4.30. The van der Waals surface area contributed by atoms with Gasteiger partial charge in [0, 0.05) is 7.11 Å². The first-order valence-corrected chi connectivity index (χ1v) is 8.00. The SMILES string of the molecule is CO[C@@H]1[C@H](O)[C@@H](C)C[C@]2(CO2)[C@H]1C1(C)O[C@@H]1CC=C(C)C. The van der Waals surface area contributed by atoms with E-state index in [4.69, 9.17) is 14.2 Å². The van der Waals surface area contributed by atoms with Gasteiger partial charge in [-0.15, -0.1) is 0 Å². The molecule has 0 aromatic heterocycles. The quantitative estimate of drug-likeness (QED) is 0.639. The second-order valence-corrected chi connectivity index (χ2v) is 7.51. The zero-order chi connectivity index (χ0) is 15.4. The number of methoxy groups -OCH3 is 1. The first-order valence-electron chi connectivity index (χ1n) is 8.00. The average molecular weight is 296 g/mol. The summed E-state index contributed by atoms with van der Waals surface area (Å²) < 4.78 is 17.6. The lowest BCUT2D eigenvalue weighted by molar-refractivity contribution is -0.137. The Bertz CT molecular complexity index is 438. The van der Waals surface area contributed by atoms with E-state index in [0.29, 0.717) is 0 Å². The molecule has 3 fully saturated rings. The molecule has 2 aliphatic heterocycles. The van der Waals surface area contributed by atoms with Gasteiger partial charge in [-0.3, -0.25) is 0 Å². The van der Waals surface area contributed by atoms with Crippen LogP contribution in [-0.4, -0.2) is 48.3 Å². The lowest BCUT2D eigenvalue weighted by Gasteiger charge is -2.44. The third-order valence-corrected chi connectivity index (χ3v) is 5.61. The van der Waals surface area contributed by atoms with E-state index in [1.165, 1.54) is 5.57 Å². The van der Waals surface area contributed by atoms with Crippen molar-refractivity contribution < 1.29 is 19.3 Å². The van der Waals surface area contributed by atoms with Crippen LogP contribution in [0, 0.1) is 11.8 Å². The van der Waals surface area contributed by atoms with Crippen molar-refractivity contribution in [3.05, 3.63) is 11.6 Å². The number of ether oxygens (including phenoxy) is 3. The van der Waals surface area contributed by atoms with E-state index in [1.54, 1.807) is 7.11 Å². The van der Waals surface area contributed by atoms with Gasteiger partial charge in [0.25, 0.3) is 0 Å². The maximum atomic E-state index is 10.5. The van der Waals surface area contributed by atoms with Gasteiger partial charge in [0.2, 0.25) is 0 Å². The Kier molecular flexibility index (Phi) is 3.72. The number of hydrogen-bond acceptors (Lipinski definition) is 4. The molecule has 4 nitrogen and oxygen atoms in total. The number of allylic oxidation sites excluding steroid dienone is 1. The zero-order valence-corrected chi connectivity index (χ0v) is 13.8. The molecule has 2 heterocycles. The third-order valence-electron chi connectivity index (χ3n) is 5.61. The summed E-state index contributed by atoms with van der Waals surface area (Å²) in [5.41, 5.74) is 0.920. The third kappa shape index (κ3) is 2.46. The molecule has 1 unspecified atom stereocenters. The highest BCUT2D eigenvalue weighted by Crippen LogP contribution is 2.60. The molecule has 21 heavy (non-hydrogen) atoms. The highest BCUT2D eigenvalue weighted by Gasteiger charge is 2.72. The van der Waals surface area contributed by atoms with Crippen LogP contribution in [0.4, 0.5) is 0 Å². The summed E-state index contributed by atoms with van der Waals surface area (Å²) >= 11 is 0. The topological polar surface area (TPSA) is 54.5 Å². The van der Waals surface area contributed by atoms with Crippen molar-refractivity contribution in [3.8, 4) is 0 Å². The van der Waals surface area contributed by atoms with Gasteiger partial charge in [0.05, 0.1) is 30.8 Å². The molecule has 3 aliphatic rings. The van der Waals surface area contributed by atoms with Crippen molar-refractivity contribution in [1.29, 1.82) is 0 Å². The van der Waals surface area contributed by atoms with E-state index in [2.05, 4.69) is 33.8 Å². The summed E-state index contributed by atoms with van der Waals surface area (Å²) in [7, 11) is 1.69. The van der Waals surface area contributed by atoms with Crippen molar-refractivity contribution in [3.63, 3.8) is 0 Å². The average Bonchev–Trinajstić information content (AvgIpc) is 3.31. The van der Waals surface area contributed by atoms with Gasteiger partial charge in [-0.1, -0.05) is 18.6 Å². The summed E-state index contributed by atoms with van der Waals surface area (Å²) in [6, 6.07) is 0. The lowest BCUT2D eigenvalue weighted by atomic mass is 9.65. The van der Waals surface area contributed by atoms with Crippen molar-refractivity contribution in [2.45, 2.75) is 70.1 Å². The summed E-state index contributed by atoms with van der Waals surface area (Å²) in [4.78, 5) is 0. The molecule has 0 aromatic carbocycles. The van der Waals surface area contributed by atoms with E-state index in [9.17, 15) is 5.11 Å². The molecule has 4 heteroatoms. The predicted octanol–water partition coefficient (Wildman–Crippen LogP) is 2.30. The minimum atomic E-state index is -0.444. The van der Waals surface area contributed by atoms with Crippen molar-refractivity contribution >= 4 is 0 Å². The Morgan fingerprint density at radius 2 is 2.10 bits per heavy atom. The molecule has 0 bridgehead atoms. The molecule has 120 valence electrons. The van der Waals surface area contributed by atoms with Gasteiger partial charge in [-0.2, -0.15) is 0 Å². The Morgan fingerprint density at radius 3 is 2.62 bits per heavy atom. The van der Waals surface area contributed by atoms with Crippen LogP contribution in [0.3, 0.4) is 0 Å². The number of hydrogen-bond donors (Lipinski definition) is 1. The van der Waals surface area contributed by atoms with Gasteiger partial charge in [-0.25, -0.2) is 0 Å². The molecule has 1 aliphatic carbocycles. The first kappa shape index (κ1) is 15.5. The number of epoxide rings is 2. The van der Waals surface area contributed by atoms with E-state index in [1.807, 2.05) is 0 Å². The molecule has 0 amide bonds. The normalized spacial score (nSPS) is 51.8. The standard InChI is InChI=1S/C17H28O4/c1-10(2)6-7-12-16(4,21-12)15-14(19-5)13(18)11(3)8-17(15)9-20-17/h6,11-15,18H,7-9H2,1-5H3/t11-,12+,13+,14+,15+,16?,17-/m0/s1. The van der Waals surface area contributed by atoms with Crippen LogP contribution in [0.5, 0.6) is 0 Å². The van der Waals surface area contributed by atoms with Crippen molar-refractivity contribution in [2.75, 3.05) is 13.7 Å². The summed E-state index contributed by atoms with van der Waals surface area (Å²) in [5, 5.41) is 10.5. The summed E-state index contributed by atoms with van der Waals surface area (Å²) in [5.74, 6) is 0.309. The van der Waals surface area contributed by atoms with Gasteiger partial charge < -0.3 is 19.3 Å².